The number of fused-ring (bicyclic) bond motifs is 1. The van der Waals surface area contributed by atoms with Crippen LogP contribution in [0.1, 0.15) is 50.1 Å². The van der Waals surface area contributed by atoms with Gasteiger partial charge in [-0.05, 0) is 63.1 Å². The minimum absolute atomic E-state index is 0.0111. The lowest BCUT2D eigenvalue weighted by Crippen LogP contribution is -2.48. The zero-order valence-electron chi connectivity index (χ0n) is 32.0. The number of nitrogens with zero attached hydrogens (tertiary/aromatic N) is 3. The summed E-state index contributed by atoms with van der Waals surface area (Å²) in [6, 6.07) is 21.2. The number of piperidine rings is 1. The second kappa shape index (κ2) is 16.5. The lowest BCUT2D eigenvalue weighted by Gasteiger charge is -2.39. The second-order valence-corrected chi connectivity index (χ2v) is 13.8. The van der Waals surface area contributed by atoms with Crippen LogP contribution in [-0.4, -0.2) is 81.5 Å². The van der Waals surface area contributed by atoms with Gasteiger partial charge in [0.2, 0.25) is 11.6 Å². The highest BCUT2D eigenvalue weighted by Crippen LogP contribution is 2.41. The predicted octanol–water partition coefficient (Wildman–Crippen LogP) is 7.82. The molecule has 1 saturated heterocycles. The summed E-state index contributed by atoms with van der Waals surface area (Å²) >= 11 is 0. The van der Waals surface area contributed by atoms with Gasteiger partial charge in [0.05, 0.1) is 54.8 Å². The van der Waals surface area contributed by atoms with Gasteiger partial charge in [-0.1, -0.05) is 41.6 Å². The number of carbonyl (C=O) groups is 1. The molecule has 0 spiro atoms. The lowest BCUT2D eigenvalue weighted by atomic mass is 9.87. The van der Waals surface area contributed by atoms with Gasteiger partial charge in [-0.25, -0.2) is 4.79 Å². The largest absolute Gasteiger partial charge is 0.496 e. The van der Waals surface area contributed by atoms with Crippen molar-refractivity contribution in [1.82, 2.24) is 15.0 Å². The number of ether oxygens (including phenoxy) is 8. The van der Waals surface area contributed by atoms with Gasteiger partial charge in [0.25, 0.3) is 5.89 Å². The third kappa shape index (κ3) is 8.41. The third-order valence-electron chi connectivity index (χ3n) is 9.18. The molecule has 1 aliphatic rings. The fraction of sp³-hybridized carbons (Fsp3) is 0.390. The zero-order valence-corrected chi connectivity index (χ0v) is 32.0. The summed E-state index contributed by atoms with van der Waals surface area (Å²) in [6.07, 6.45) is -0.0292. The van der Waals surface area contributed by atoms with Crippen molar-refractivity contribution in [3.05, 3.63) is 83.7 Å². The van der Waals surface area contributed by atoms with E-state index in [9.17, 15) is 4.79 Å². The number of hydrogen-bond acceptors (Lipinski definition) is 12. The quantitative estimate of drug-likeness (QED) is 0.117. The lowest BCUT2D eigenvalue weighted by molar-refractivity contribution is -0.0363. The summed E-state index contributed by atoms with van der Waals surface area (Å²) in [5.41, 5.74) is 1.92. The normalized spacial score (nSPS) is 15.8. The van der Waals surface area contributed by atoms with Gasteiger partial charge in [0.15, 0.2) is 18.1 Å². The Morgan fingerprint density at radius 2 is 1.48 bits per heavy atom. The zero-order chi connectivity index (χ0) is 38.4. The first-order chi connectivity index (χ1) is 26.0. The Morgan fingerprint density at radius 1 is 0.815 bits per heavy atom. The van der Waals surface area contributed by atoms with Crippen LogP contribution < -0.4 is 28.4 Å². The Labute approximate surface area is 314 Å². The molecule has 2 atom stereocenters. The van der Waals surface area contributed by atoms with Crippen LogP contribution in [-0.2, 0) is 22.7 Å². The molecule has 286 valence electrons. The minimum atomic E-state index is -0.616. The SMILES string of the molecule is COc1cc(-c2noc(COc3ccc(C4CCN(C(=O)OC(C)(C)C)CC4OCc4cc(OC)c5ccccc5c4OC)cc3)n2)cc(OC)c1OC. The summed E-state index contributed by atoms with van der Waals surface area (Å²) in [5, 5.41) is 6.00. The van der Waals surface area contributed by atoms with E-state index in [1.54, 1.807) is 52.6 Å². The number of amides is 1. The van der Waals surface area contributed by atoms with Gasteiger partial charge in [0, 0.05) is 34.4 Å². The molecule has 0 N–H and O–H groups in total. The molecule has 6 rings (SSSR count). The summed E-state index contributed by atoms with van der Waals surface area (Å²) in [5.74, 6) is 4.15. The molecule has 1 amide bonds. The number of aromatic nitrogens is 2. The van der Waals surface area contributed by atoms with Crippen LogP contribution in [0.25, 0.3) is 22.2 Å². The first-order valence-electron chi connectivity index (χ1n) is 17.6. The van der Waals surface area contributed by atoms with Gasteiger partial charge >= 0.3 is 6.09 Å². The van der Waals surface area contributed by atoms with Crippen LogP contribution in [0.15, 0.2) is 71.3 Å². The first-order valence-corrected chi connectivity index (χ1v) is 17.6. The van der Waals surface area contributed by atoms with Crippen LogP contribution in [0.3, 0.4) is 0 Å². The molecular formula is C41H47N3O10. The molecule has 54 heavy (non-hydrogen) atoms. The topological polar surface area (TPSA) is 133 Å². The molecule has 0 aliphatic carbocycles. The molecule has 0 bridgehead atoms. The fourth-order valence-electron chi connectivity index (χ4n) is 6.64. The third-order valence-corrected chi connectivity index (χ3v) is 9.18. The van der Waals surface area contributed by atoms with Crippen LogP contribution in [0.2, 0.25) is 0 Å². The van der Waals surface area contributed by atoms with Crippen molar-refractivity contribution in [2.75, 3.05) is 48.6 Å². The molecule has 0 radical (unpaired) electrons. The van der Waals surface area contributed by atoms with Gasteiger partial charge in [-0.15, -0.1) is 0 Å². The highest BCUT2D eigenvalue weighted by atomic mass is 16.6. The number of likely N-dealkylation sites (tertiary alicyclic amines) is 1. The molecule has 5 aromatic rings. The average Bonchev–Trinajstić information content (AvgIpc) is 3.66. The second-order valence-electron chi connectivity index (χ2n) is 13.8. The molecule has 13 nitrogen and oxygen atoms in total. The standard InChI is InChI=1S/C41H47N3O10/c1-41(2,3)53-40(45)44-18-17-29(35(22-44)52-23-27-21-32(46-4)30-11-9-10-12-31(30)37(27)49-7)25-13-15-28(16-14-25)51-24-36-42-39(43-54-36)26-19-33(47-5)38(50-8)34(20-26)48-6/h9-16,19-21,29,35H,17-18,22-24H2,1-8H3. The Bertz CT molecular complexity index is 2030. The minimum Gasteiger partial charge on any atom is -0.496 e. The maximum absolute atomic E-state index is 13.2. The smallest absolute Gasteiger partial charge is 0.410 e. The highest BCUT2D eigenvalue weighted by molar-refractivity contribution is 5.94. The Kier molecular flexibility index (Phi) is 11.7. The first kappa shape index (κ1) is 38.0. The molecule has 1 aliphatic heterocycles. The molecule has 0 saturated carbocycles. The molecule has 13 heteroatoms. The van der Waals surface area contributed by atoms with E-state index in [0.29, 0.717) is 59.8 Å². The molecule has 2 heterocycles. The van der Waals surface area contributed by atoms with Gasteiger partial charge < -0.3 is 47.3 Å². The van der Waals surface area contributed by atoms with Crippen LogP contribution in [0.4, 0.5) is 4.79 Å². The Hall–Kier alpha value is -5.69. The van der Waals surface area contributed by atoms with Crippen molar-refractivity contribution in [2.45, 2.75) is 58.0 Å². The number of benzene rings is 4. The molecular weight excluding hydrogens is 694 g/mol. The molecule has 2 unspecified atom stereocenters. The van der Waals surface area contributed by atoms with E-state index in [1.807, 2.05) is 75.4 Å². The number of carbonyl (C=O) groups excluding carboxylic acids is 1. The molecule has 1 aromatic heterocycles. The Morgan fingerprint density at radius 3 is 2.11 bits per heavy atom. The monoisotopic (exact) mass is 741 g/mol. The van der Waals surface area contributed by atoms with Crippen molar-refractivity contribution in [1.29, 1.82) is 0 Å². The van der Waals surface area contributed by atoms with Crippen LogP contribution in [0, 0.1) is 0 Å². The van der Waals surface area contributed by atoms with Crippen molar-refractivity contribution in [2.24, 2.45) is 0 Å². The van der Waals surface area contributed by atoms with Gasteiger partial charge in [0.1, 0.15) is 22.8 Å². The van der Waals surface area contributed by atoms with E-state index in [-0.39, 0.29) is 31.3 Å². The maximum Gasteiger partial charge on any atom is 0.410 e. The van der Waals surface area contributed by atoms with Crippen molar-refractivity contribution in [3.8, 4) is 45.9 Å². The van der Waals surface area contributed by atoms with Gasteiger partial charge in [-0.3, -0.25) is 0 Å². The number of rotatable bonds is 13. The van der Waals surface area contributed by atoms with Gasteiger partial charge in [-0.2, -0.15) is 4.98 Å². The summed E-state index contributed by atoms with van der Waals surface area (Å²) < 4.78 is 51.9. The number of methoxy groups -OCH3 is 5. The van der Waals surface area contributed by atoms with E-state index in [0.717, 1.165) is 33.4 Å². The Balaban J connectivity index is 1.17. The summed E-state index contributed by atoms with van der Waals surface area (Å²) in [4.78, 5) is 19.4. The molecule has 4 aromatic carbocycles. The highest BCUT2D eigenvalue weighted by Gasteiger charge is 2.35. The van der Waals surface area contributed by atoms with E-state index in [2.05, 4.69) is 10.1 Å². The van der Waals surface area contributed by atoms with E-state index in [4.69, 9.17) is 42.4 Å². The average molecular weight is 742 g/mol. The fourth-order valence-corrected chi connectivity index (χ4v) is 6.64. The van der Waals surface area contributed by atoms with E-state index < -0.39 is 5.60 Å². The van der Waals surface area contributed by atoms with Crippen molar-refractivity contribution in [3.63, 3.8) is 0 Å². The summed E-state index contributed by atoms with van der Waals surface area (Å²) in [7, 11) is 7.94. The van der Waals surface area contributed by atoms with Crippen LogP contribution in [0.5, 0.6) is 34.5 Å². The number of hydrogen-bond donors (Lipinski definition) is 0. The van der Waals surface area contributed by atoms with E-state index in [1.165, 1.54) is 0 Å². The predicted molar refractivity (Wildman–Crippen MR) is 201 cm³/mol. The van der Waals surface area contributed by atoms with E-state index >= 15 is 0 Å². The maximum atomic E-state index is 13.2. The van der Waals surface area contributed by atoms with Crippen molar-refractivity contribution < 1.29 is 47.2 Å². The summed E-state index contributed by atoms with van der Waals surface area (Å²) in [6.45, 7) is 6.78. The van der Waals surface area contributed by atoms with Crippen molar-refractivity contribution >= 4 is 16.9 Å². The molecule has 1 fully saturated rings. The van der Waals surface area contributed by atoms with Crippen LogP contribution >= 0.6 is 0 Å².